The normalized spacial score (nSPS) is 12.9. The van der Waals surface area contributed by atoms with Gasteiger partial charge in [-0.15, -0.1) is 0 Å². The molecule has 0 aliphatic heterocycles. The van der Waals surface area contributed by atoms with Crippen molar-refractivity contribution in [2.24, 2.45) is 0 Å². The number of nitrogens with zero attached hydrogens (tertiary/aromatic N) is 1. The van der Waals surface area contributed by atoms with Gasteiger partial charge < -0.3 is 19.7 Å². The second kappa shape index (κ2) is 8.14. The first kappa shape index (κ1) is 18.3. The fourth-order valence-corrected chi connectivity index (χ4v) is 2.42. The highest BCUT2D eigenvalue weighted by Crippen LogP contribution is 2.10. The van der Waals surface area contributed by atoms with E-state index in [9.17, 15) is 19.5 Å². The van der Waals surface area contributed by atoms with Gasteiger partial charge in [0.05, 0.1) is 6.26 Å². The highest BCUT2D eigenvalue weighted by Gasteiger charge is 2.30. The van der Waals surface area contributed by atoms with Gasteiger partial charge in [0.1, 0.15) is 12.1 Å². The highest BCUT2D eigenvalue weighted by atomic mass is 16.4. The average molecular weight is 344 g/mol. The van der Waals surface area contributed by atoms with E-state index in [2.05, 4.69) is 5.32 Å². The number of hydrogen-bond donors (Lipinski definition) is 2. The molecule has 2 aromatic rings. The number of carbonyl (C=O) groups is 3. The maximum atomic E-state index is 12.5. The molecule has 0 aliphatic rings. The van der Waals surface area contributed by atoms with Gasteiger partial charge >= 0.3 is 5.97 Å². The van der Waals surface area contributed by atoms with E-state index in [0.717, 1.165) is 10.5 Å². The third-order valence-electron chi connectivity index (χ3n) is 3.84. The molecule has 1 aromatic heterocycles. The van der Waals surface area contributed by atoms with Crippen molar-refractivity contribution in [3.05, 3.63) is 60.1 Å². The van der Waals surface area contributed by atoms with E-state index in [1.807, 2.05) is 18.2 Å². The van der Waals surface area contributed by atoms with Gasteiger partial charge in [-0.05, 0) is 24.6 Å². The minimum Gasteiger partial charge on any atom is -0.480 e. The van der Waals surface area contributed by atoms with Crippen LogP contribution in [-0.4, -0.2) is 46.9 Å². The third-order valence-corrected chi connectivity index (χ3v) is 3.84. The van der Waals surface area contributed by atoms with Crippen molar-refractivity contribution < 1.29 is 23.9 Å². The van der Waals surface area contributed by atoms with Crippen molar-refractivity contribution in [3.8, 4) is 0 Å². The number of carbonyl (C=O) groups excluding carboxylic acids is 2. The fraction of sp³-hybridized carbons (Fsp3) is 0.278. The summed E-state index contributed by atoms with van der Waals surface area (Å²) in [6.07, 6.45) is 1.53. The summed E-state index contributed by atoms with van der Waals surface area (Å²) in [6, 6.07) is 10.2. The molecule has 7 heteroatoms. The molecule has 1 aromatic carbocycles. The molecule has 132 valence electrons. The van der Waals surface area contributed by atoms with E-state index in [4.69, 9.17) is 4.42 Å². The van der Waals surface area contributed by atoms with Crippen LogP contribution in [0.1, 0.15) is 23.0 Å². The second-order valence-electron chi connectivity index (χ2n) is 5.67. The SMILES string of the molecule is CC(NC(=O)c1ccco1)C(=O)N(C)C(Cc1ccccc1)C(=O)O. The first-order valence-corrected chi connectivity index (χ1v) is 7.78. The van der Waals surface area contributed by atoms with Crippen LogP contribution in [0.15, 0.2) is 53.1 Å². The van der Waals surface area contributed by atoms with Crippen molar-refractivity contribution in [1.29, 1.82) is 0 Å². The molecule has 2 rings (SSSR count). The first-order valence-electron chi connectivity index (χ1n) is 7.78. The number of hydrogen-bond acceptors (Lipinski definition) is 4. The van der Waals surface area contributed by atoms with Crippen molar-refractivity contribution in [2.45, 2.75) is 25.4 Å². The average Bonchev–Trinajstić information content (AvgIpc) is 3.13. The van der Waals surface area contributed by atoms with Crippen molar-refractivity contribution in [2.75, 3.05) is 7.05 Å². The molecule has 0 spiro atoms. The molecule has 0 aliphatic carbocycles. The van der Waals surface area contributed by atoms with Gasteiger partial charge in [0.2, 0.25) is 5.91 Å². The summed E-state index contributed by atoms with van der Waals surface area (Å²) in [7, 11) is 1.42. The van der Waals surface area contributed by atoms with Gasteiger partial charge in [0, 0.05) is 13.5 Å². The maximum Gasteiger partial charge on any atom is 0.326 e. The highest BCUT2D eigenvalue weighted by molar-refractivity contribution is 5.96. The number of nitrogens with one attached hydrogen (secondary N) is 1. The Bertz CT molecular complexity index is 727. The van der Waals surface area contributed by atoms with Gasteiger partial charge in [-0.25, -0.2) is 4.79 Å². The van der Waals surface area contributed by atoms with Gasteiger partial charge in [0.25, 0.3) is 5.91 Å². The zero-order valence-corrected chi connectivity index (χ0v) is 14.0. The summed E-state index contributed by atoms with van der Waals surface area (Å²) in [4.78, 5) is 37.2. The molecule has 7 nitrogen and oxygen atoms in total. The molecule has 0 bridgehead atoms. The molecule has 0 saturated carbocycles. The lowest BCUT2D eigenvalue weighted by Crippen LogP contribution is -2.51. The number of amides is 2. The zero-order valence-electron chi connectivity index (χ0n) is 14.0. The molecule has 2 unspecified atom stereocenters. The molecule has 1 heterocycles. The summed E-state index contributed by atoms with van der Waals surface area (Å²) < 4.78 is 4.97. The Morgan fingerprint density at radius 3 is 2.40 bits per heavy atom. The minimum atomic E-state index is -1.11. The lowest BCUT2D eigenvalue weighted by atomic mass is 10.0. The fourth-order valence-electron chi connectivity index (χ4n) is 2.42. The van der Waals surface area contributed by atoms with Crippen LogP contribution in [-0.2, 0) is 16.0 Å². The lowest BCUT2D eigenvalue weighted by molar-refractivity contribution is -0.149. The number of rotatable bonds is 7. The molecule has 0 fully saturated rings. The summed E-state index contributed by atoms with van der Waals surface area (Å²) in [5.74, 6) is -2.05. The minimum absolute atomic E-state index is 0.0846. The maximum absolute atomic E-state index is 12.5. The summed E-state index contributed by atoms with van der Waals surface area (Å²) in [5, 5.41) is 12.0. The Hall–Kier alpha value is -3.09. The Labute approximate surface area is 145 Å². The van der Waals surface area contributed by atoms with E-state index in [-0.39, 0.29) is 12.2 Å². The Balaban J connectivity index is 2.04. The number of carboxylic acid groups (broad SMARTS) is 1. The summed E-state index contributed by atoms with van der Waals surface area (Å²) >= 11 is 0. The molecule has 2 N–H and O–H groups in total. The zero-order chi connectivity index (χ0) is 18.4. The molecule has 2 atom stereocenters. The Morgan fingerprint density at radius 1 is 1.16 bits per heavy atom. The summed E-state index contributed by atoms with van der Waals surface area (Å²) in [6.45, 7) is 1.50. The predicted octanol–water partition coefficient (Wildman–Crippen LogP) is 1.55. The predicted molar refractivity (Wildman–Crippen MR) is 90.0 cm³/mol. The third kappa shape index (κ3) is 4.69. The first-order chi connectivity index (χ1) is 11.9. The van der Waals surface area contributed by atoms with E-state index in [0.29, 0.717) is 0 Å². The van der Waals surface area contributed by atoms with Crippen LogP contribution < -0.4 is 5.32 Å². The molecular weight excluding hydrogens is 324 g/mol. The number of aliphatic carboxylic acids is 1. The van der Waals surface area contributed by atoms with E-state index < -0.39 is 29.9 Å². The quantitative estimate of drug-likeness (QED) is 0.794. The number of benzene rings is 1. The van der Waals surface area contributed by atoms with Crippen LogP contribution in [0.25, 0.3) is 0 Å². The molecule has 25 heavy (non-hydrogen) atoms. The van der Waals surface area contributed by atoms with Gasteiger partial charge in [0.15, 0.2) is 5.76 Å². The number of carboxylic acids is 1. The van der Waals surface area contributed by atoms with Crippen LogP contribution in [0.5, 0.6) is 0 Å². The van der Waals surface area contributed by atoms with Crippen molar-refractivity contribution >= 4 is 17.8 Å². The van der Waals surface area contributed by atoms with Gasteiger partial charge in [-0.3, -0.25) is 9.59 Å². The molecule has 0 saturated heterocycles. The topological polar surface area (TPSA) is 99.9 Å². The van der Waals surface area contributed by atoms with Crippen molar-refractivity contribution in [3.63, 3.8) is 0 Å². The van der Waals surface area contributed by atoms with Crippen LogP contribution in [0.2, 0.25) is 0 Å². The van der Waals surface area contributed by atoms with Crippen LogP contribution in [0, 0.1) is 0 Å². The van der Waals surface area contributed by atoms with Crippen LogP contribution >= 0.6 is 0 Å². The Morgan fingerprint density at radius 2 is 1.84 bits per heavy atom. The molecule has 0 radical (unpaired) electrons. The van der Waals surface area contributed by atoms with Crippen LogP contribution in [0.3, 0.4) is 0 Å². The number of likely N-dealkylation sites (N-methyl/N-ethyl adjacent to an activating group) is 1. The lowest BCUT2D eigenvalue weighted by Gasteiger charge is -2.27. The molecular formula is C18H20N2O5. The number of furan rings is 1. The van der Waals surface area contributed by atoms with Crippen LogP contribution in [0.4, 0.5) is 0 Å². The second-order valence-corrected chi connectivity index (χ2v) is 5.67. The Kier molecular flexibility index (Phi) is 5.94. The van der Waals surface area contributed by atoms with Gasteiger partial charge in [-0.2, -0.15) is 0 Å². The summed E-state index contributed by atoms with van der Waals surface area (Å²) in [5.41, 5.74) is 0.807. The van der Waals surface area contributed by atoms with E-state index in [1.54, 1.807) is 18.2 Å². The standard InChI is InChI=1S/C18H20N2O5/c1-12(19-16(21)15-9-6-10-25-15)17(22)20(2)14(18(23)24)11-13-7-4-3-5-8-13/h3-10,12,14H,11H2,1-2H3,(H,19,21)(H,23,24). The van der Waals surface area contributed by atoms with E-state index >= 15 is 0 Å². The smallest absolute Gasteiger partial charge is 0.326 e. The van der Waals surface area contributed by atoms with Gasteiger partial charge in [-0.1, -0.05) is 30.3 Å². The molecule has 2 amide bonds. The van der Waals surface area contributed by atoms with E-state index in [1.165, 1.54) is 26.3 Å². The monoisotopic (exact) mass is 344 g/mol. The van der Waals surface area contributed by atoms with Crippen molar-refractivity contribution in [1.82, 2.24) is 10.2 Å². The largest absolute Gasteiger partial charge is 0.480 e.